The molecule has 1 aliphatic heterocycles. The Labute approximate surface area is 258 Å². The Kier molecular flexibility index (Phi) is 10.9. The van der Waals surface area contributed by atoms with Crippen LogP contribution in [0.5, 0.6) is 0 Å². The quantitative estimate of drug-likeness (QED) is 0.0967. The zero-order valence-corrected chi connectivity index (χ0v) is 28.3. The molecule has 1 unspecified atom stereocenters. The van der Waals surface area contributed by atoms with E-state index in [0.717, 1.165) is 16.7 Å². The summed E-state index contributed by atoms with van der Waals surface area (Å²) >= 11 is -2.70. The number of pyridine rings is 1. The van der Waals surface area contributed by atoms with E-state index in [0.29, 0.717) is 53.5 Å². The first-order chi connectivity index (χ1) is 20.1. The molecule has 4 rings (SSSR count). The number of halogens is 4. The third kappa shape index (κ3) is 8.93. The monoisotopic (exact) mass is 750 g/mol. The normalized spacial score (nSPS) is 23.4. The van der Waals surface area contributed by atoms with E-state index in [1.54, 1.807) is 30.1 Å². The second-order valence-electron chi connectivity index (χ2n) is 11.0. The summed E-state index contributed by atoms with van der Waals surface area (Å²) in [5, 5.41) is 2.53. The minimum absolute atomic E-state index is 0.0121. The summed E-state index contributed by atoms with van der Waals surface area (Å²) in [6.07, 6.45) is 5.17. The van der Waals surface area contributed by atoms with Gasteiger partial charge in [0.05, 0.1) is 11.0 Å². The van der Waals surface area contributed by atoms with E-state index in [-0.39, 0.29) is 24.4 Å². The summed E-state index contributed by atoms with van der Waals surface area (Å²) in [5.74, 6) is 0.234. The van der Waals surface area contributed by atoms with E-state index in [1.165, 1.54) is 12.3 Å². The number of nitrogens with zero attached hydrogens (tertiary/aromatic N) is 1. The van der Waals surface area contributed by atoms with Crippen molar-refractivity contribution in [1.82, 2.24) is 10.3 Å². The van der Waals surface area contributed by atoms with Crippen molar-refractivity contribution in [3.05, 3.63) is 97.6 Å². The molecule has 43 heavy (non-hydrogen) atoms. The van der Waals surface area contributed by atoms with Crippen LogP contribution >= 0.6 is 18.4 Å². The van der Waals surface area contributed by atoms with E-state index < -0.39 is 52.3 Å². The molecule has 0 saturated carbocycles. The number of hydrogen-bond acceptors (Lipinski definition) is 6. The molecular weight excluding hydrogens is 712 g/mol. The van der Waals surface area contributed by atoms with Gasteiger partial charge >= 0.3 is 188 Å². The molecule has 12 heteroatoms. The fourth-order valence-electron chi connectivity index (χ4n) is 5.34. The van der Waals surface area contributed by atoms with Crippen LogP contribution < -0.4 is 5.32 Å². The van der Waals surface area contributed by atoms with E-state index >= 15 is 0 Å². The number of aromatic nitrogens is 1. The predicted molar refractivity (Wildman–Crippen MR) is 174 cm³/mol. The zero-order valence-electron chi connectivity index (χ0n) is 24.5. The van der Waals surface area contributed by atoms with Gasteiger partial charge in [-0.1, -0.05) is 24.3 Å². The second-order valence-corrected chi connectivity index (χ2v) is 26.0. The molecule has 0 radical (unpaired) electrons. The number of sulfone groups is 1. The van der Waals surface area contributed by atoms with Crippen LogP contribution in [0, 0.1) is 10.6 Å². The Bertz CT molecular complexity index is 1630. The molecule has 1 aliphatic carbocycles. The van der Waals surface area contributed by atoms with Crippen molar-refractivity contribution in [2.45, 2.75) is 69.8 Å². The van der Waals surface area contributed by atoms with Crippen LogP contribution in [0.4, 0.5) is 13.2 Å². The van der Waals surface area contributed by atoms with Crippen molar-refractivity contribution >= 4 is 35.3 Å². The first-order valence-electron chi connectivity index (χ1n) is 14.1. The third-order valence-corrected chi connectivity index (χ3v) is 21.4. The number of benzene rings is 1. The first-order valence-corrected chi connectivity index (χ1v) is 23.5. The Morgan fingerprint density at radius 3 is 2.40 bits per heavy atom. The number of hydrogen-bond donors (Lipinski definition) is 1. The van der Waals surface area contributed by atoms with Gasteiger partial charge in [0, 0.05) is 0 Å². The second kappa shape index (κ2) is 13.8. The van der Waals surface area contributed by atoms with Crippen LogP contribution in [0.15, 0.2) is 71.5 Å². The van der Waals surface area contributed by atoms with Gasteiger partial charge in [-0.15, -0.1) is 0 Å². The predicted octanol–water partition coefficient (Wildman–Crippen LogP) is 7.11. The molecule has 2 aromatic rings. The molecular formula is C31H38F3IN2O4S2. The Morgan fingerprint density at radius 2 is 1.77 bits per heavy atom. The van der Waals surface area contributed by atoms with Crippen molar-refractivity contribution in [2.24, 2.45) is 0 Å². The molecule has 2 aliphatic rings. The molecule has 0 bridgehead atoms. The van der Waals surface area contributed by atoms with Crippen LogP contribution in [-0.2, 0) is 29.8 Å². The number of rotatable bonds is 9. The average molecular weight is 751 g/mol. The molecule has 1 aromatic heterocycles. The van der Waals surface area contributed by atoms with Gasteiger partial charge in [0.2, 0.25) is 0 Å². The summed E-state index contributed by atoms with van der Waals surface area (Å²) < 4.78 is 92.0. The van der Waals surface area contributed by atoms with Crippen LogP contribution in [0.3, 0.4) is 0 Å². The average Bonchev–Trinajstić information content (AvgIpc) is 3.33. The SMILES string of the molecule is Cc1ccc(CNC2=C\CC/C(CCc3ccc(C4CCCS4(=O)=O)cc3)=C\C/C=C\2C(F)(F)F)c(I(C)S(C)(=O)=O)n1. The molecule has 2 heterocycles. The van der Waals surface area contributed by atoms with Crippen LogP contribution in [0.2, 0.25) is 0 Å². The van der Waals surface area contributed by atoms with Gasteiger partial charge in [-0.25, -0.2) is 8.42 Å². The fourth-order valence-corrected chi connectivity index (χ4v) is 12.8. The molecule has 6 nitrogen and oxygen atoms in total. The van der Waals surface area contributed by atoms with E-state index in [9.17, 15) is 30.0 Å². The van der Waals surface area contributed by atoms with Gasteiger partial charge in [0.15, 0.2) is 9.84 Å². The molecule has 236 valence electrons. The van der Waals surface area contributed by atoms with Crippen LogP contribution in [-0.4, -0.2) is 44.9 Å². The summed E-state index contributed by atoms with van der Waals surface area (Å²) in [5.41, 5.74) is 3.46. The number of alkyl halides is 4. The molecule has 1 aromatic carbocycles. The molecule has 0 amide bonds. The molecule has 0 spiro atoms. The fraction of sp³-hybridized carbons (Fsp3) is 0.452. The molecule has 1 N–H and O–H groups in total. The maximum absolute atomic E-state index is 14.1. The Balaban J connectivity index is 1.45. The van der Waals surface area contributed by atoms with Gasteiger partial charge in [-0.05, 0) is 18.4 Å². The molecule has 1 atom stereocenters. The zero-order chi connectivity index (χ0) is 31.4. The van der Waals surface area contributed by atoms with Crippen molar-refractivity contribution in [3.8, 4) is 0 Å². The van der Waals surface area contributed by atoms with E-state index in [2.05, 4.69) is 10.3 Å². The van der Waals surface area contributed by atoms with Crippen molar-refractivity contribution < 1.29 is 30.0 Å². The van der Waals surface area contributed by atoms with Crippen molar-refractivity contribution in [3.63, 3.8) is 0 Å². The summed E-state index contributed by atoms with van der Waals surface area (Å²) in [4.78, 5) is 6.15. The topological polar surface area (TPSA) is 93.2 Å². The maximum atomic E-state index is 14.1. The van der Waals surface area contributed by atoms with Crippen LogP contribution in [0.25, 0.3) is 0 Å². The third-order valence-electron chi connectivity index (χ3n) is 7.76. The Morgan fingerprint density at radius 1 is 1.05 bits per heavy atom. The van der Waals surface area contributed by atoms with Crippen molar-refractivity contribution in [1.29, 1.82) is 0 Å². The summed E-state index contributed by atoms with van der Waals surface area (Å²) in [7, 11) is -6.38. The minimum atomic E-state index is -4.56. The first kappa shape index (κ1) is 33.7. The van der Waals surface area contributed by atoms with Gasteiger partial charge in [0.25, 0.3) is 0 Å². The molecule has 1 saturated heterocycles. The molecule has 1 fully saturated rings. The van der Waals surface area contributed by atoms with Crippen molar-refractivity contribution in [2.75, 3.05) is 16.9 Å². The summed E-state index contributed by atoms with van der Waals surface area (Å²) in [6.45, 7) is 1.80. The number of aryl methyl sites for hydroxylation is 2. The standard InChI is InChI=1S/C31H38F3IN2O4S2/c1-22-12-17-26(30(37-22)35(2)42(3,38)39)21-36-28-10-5-8-23(7-4-9-27(28)31(32,33)34)13-14-24-15-18-25(19-16-24)29-11-6-20-43(29,40)41/h7,9-10,12,15-19,29,36H,4-6,8,11,13-14,20-21H2,1-3H3/b23-7+,27-9+,28-10-. The number of nitrogens with one attached hydrogen (secondary N) is 1. The van der Waals surface area contributed by atoms with Crippen LogP contribution in [0.1, 0.15) is 66.2 Å². The van der Waals surface area contributed by atoms with E-state index in [4.69, 9.17) is 0 Å². The van der Waals surface area contributed by atoms with E-state index in [1.807, 2.05) is 30.3 Å². The van der Waals surface area contributed by atoms with Gasteiger partial charge in [-0.2, -0.15) is 0 Å². The van der Waals surface area contributed by atoms with Gasteiger partial charge in [-0.3, -0.25) is 0 Å². The van der Waals surface area contributed by atoms with Gasteiger partial charge < -0.3 is 0 Å². The Hall–Kier alpha value is -2.19. The summed E-state index contributed by atoms with van der Waals surface area (Å²) in [6, 6.07) is 11.2. The van der Waals surface area contributed by atoms with Gasteiger partial charge in [0.1, 0.15) is 0 Å². The number of allylic oxidation sites excluding steroid dienone is 5.